The van der Waals surface area contributed by atoms with Gasteiger partial charge in [0.1, 0.15) is 5.69 Å². The number of likely N-dealkylation sites (tertiary alicyclic amines) is 1. The molecule has 1 aliphatic rings. The van der Waals surface area contributed by atoms with Gasteiger partial charge in [-0.3, -0.25) is 19.4 Å². The van der Waals surface area contributed by atoms with Gasteiger partial charge in [0.15, 0.2) is 0 Å². The number of hydrogen-bond acceptors (Lipinski definition) is 4. The highest BCUT2D eigenvalue weighted by Gasteiger charge is 2.36. The fourth-order valence-electron chi connectivity index (χ4n) is 3.02. The molecular formula is C17H23N5O. The molecule has 0 spiro atoms. The maximum Gasteiger partial charge on any atom is 0.228 e. The highest BCUT2D eigenvalue weighted by Crippen LogP contribution is 2.34. The molecule has 3 rings (SSSR count). The number of carbonyl (C=O) groups excluding carboxylic acids is 1. The summed E-state index contributed by atoms with van der Waals surface area (Å²) in [5.41, 5.74) is 2.22. The summed E-state index contributed by atoms with van der Waals surface area (Å²) in [4.78, 5) is 23.7. The van der Waals surface area contributed by atoms with Crippen LogP contribution in [0.4, 0.5) is 0 Å². The Bertz CT molecular complexity index is 699. The number of nitrogens with zero attached hydrogens (tertiary/aromatic N) is 5. The first-order valence-electron chi connectivity index (χ1n) is 7.99. The van der Waals surface area contributed by atoms with E-state index in [0.29, 0.717) is 0 Å². The summed E-state index contributed by atoms with van der Waals surface area (Å²) in [6.07, 6.45) is 7.26. The third-order valence-electron chi connectivity index (χ3n) is 4.25. The molecule has 2 aromatic heterocycles. The average Bonchev–Trinajstić information content (AvgIpc) is 3.14. The van der Waals surface area contributed by atoms with Crippen molar-refractivity contribution in [2.45, 2.75) is 39.7 Å². The van der Waals surface area contributed by atoms with Gasteiger partial charge in [-0.15, -0.1) is 0 Å². The van der Waals surface area contributed by atoms with Crippen molar-refractivity contribution >= 4 is 5.91 Å². The van der Waals surface area contributed by atoms with E-state index in [1.165, 1.54) is 0 Å². The molecule has 6 nitrogen and oxygen atoms in total. The van der Waals surface area contributed by atoms with Crippen LogP contribution in [-0.4, -0.2) is 37.1 Å². The minimum absolute atomic E-state index is 0.0369. The van der Waals surface area contributed by atoms with Gasteiger partial charge in [0.05, 0.1) is 29.8 Å². The smallest absolute Gasteiger partial charge is 0.228 e. The SMILES string of the molecule is Cn1nccc1-c1cnc([C@@H]2CCCN2C(=O)C(C)(C)C)cn1. The molecule has 0 bridgehead atoms. The monoisotopic (exact) mass is 313 g/mol. The van der Waals surface area contributed by atoms with Gasteiger partial charge in [-0.25, -0.2) is 0 Å². The molecule has 6 heteroatoms. The molecule has 0 aliphatic carbocycles. The van der Waals surface area contributed by atoms with E-state index in [1.807, 2.05) is 38.8 Å². The molecule has 0 saturated carbocycles. The predicted octanol–water partition coefficient (Wildman–Crippen LogP) is 2.59. The first-order chi connectivity index (χ1) is 10.9. The lowest BCUT2D eigenvalue weighted by Gasteiger charge is -2.30. The molecule has 23 heavy (non-hydrogen) atoms. The first-order valence-corrected chi connectivity index (χ1v) is 7.99. The third-order valence-corrected chi connectivity index (χ3v) is 4.25. The van der Waals surface area contributed by atoms with Crippen LogP contribution < -0.4 is 0 Å². The lowest BCUT2D eigenvalue weighted by molar-refractivity contribution is -0.140. The van der Waals surface area contributed by atoms with Crippen LogP contribution in [0.25, 0.3) is 11.4 Å². The largest absolute Gasteiger partial charge is 0.334 e. The van der Waals surface area contributed by atoms with Gasteiger partial charge >= 0.3 is 0 Å². The van der Waals surface area contributed by atoms with Crippen LogP contribution >= 0.6 is 0 Å². The van der Waals surface area contributed by atoms with Crippen molar-refractivity contribution in [1.82, 2.24) is 24.6 Å². The second-order valence-corrected chi connectivity index (χ2v) is 7.07. The molecule has 2 aromatic rings. The average molecular weight is 313 g/mol. The van der Waals surface area contributed by atoms with Crippen LogP contribution in [-0.2, 0) is 11.8 Å². The molecule has 1 aliphatic heterocycles. The standard InChI is InChI=1S/C17H23N5O/c1-17(2,3)16(23)22-9-5-6-15(22)13-11-18-12(10-19-13)14-7-8-20-21(14)4/h7-8,10-11,15H,5-6,9H2,1-4H3/t15-/m0/s1. The Balaban J connectivity index is 1.84. The summed E-state index contributed by atoms with van der Waals surface area (Å²) in [6, 6.07) is 1.95. The molecule has 0 aromatic carbocycles. The number of rotatable bonds is 2. The summed E-state index contributed by atoms with van der Waals surface area (Å²) < 4.78 is 1.77. The minimum Gasteiger partial charge on any atom is -0.334 e. The highest BCUT2D eigenvalue weighted by atomic mass is 16.2. The zero-order valence-electron chi connectivity index (χ0n) is 14.2. The van der Waals surface area contributed by atoms with Crippen LogP contribution in [0, 0.1) is 5.41 Å². The van der Waals surface area contributed by atoms with Crippen molar-refractivity contribution < 1.29 is 4.79 Å². The number of carbonyl (C=O) groups is 1. The van der Waals surface area contributed by atoms with Gasteiger partial charge in [-0.1, -0.05) is 20.8 Å². The third kappa shape index (κ3) is 2.98. The van der Waals surface area contributed by atoms with E-state index < -0.39 is 0 Å². The Morgan fingerprint density at radius 2 is 2.04 bits per heavy atom. The molecule has 3 heterocycles. The van der Waals surface area contributed by atoms with Crippen molar-refractivity contribution in [3.63, 3.8) is 0 Å². The fraction of sp³-hybridized carbons (Fsp3) is 0.529. The molecule has 0 unspecified atom stereocenters. The summed E-state index contributed by atoms with van der Waals surface area (Å²) in [5.74, 6) is 0.178. The van der Waals surface area contributed by atoms with Gasteiger partial charge in [0.2, 0.25) is 5.91 Å². The van der Waals surface area contributed by atoms with Crippen molar-refractivity contribution in [2.75, 3.05) is 6.54 Å². The van der Waals surface area contributed by atoms with Gasteiger partial charge in [-0.05, 0) is 18.9 Å². The normalized spacial score (nSPS) is 18.4. The van der Waals surface area contributed by atoms with E-state index in [4.69, 9.17) is 0 Å². The Morgan fingerprint density at radius 1 is 1.26 bits per heavy atom. The Labute approximate surface area is 136 Å². The summed E-state index contributed by atoms with van der Waals surface area (Å²) >= 11 is 0. The molecule has 1 atom stereocenters. The second-order valence-electron chi connectivity index (χ2n) is 7.07. The molecule has 0 radical (unpaired) electrons. The second kappa shape index (κ2) is 5.76. The maximum absolute atomic E-state index is 12.6. The van der Waals surface area contributed by atoms with Crippen LogP contribution in [0.2, 0.25) is 0 Å². The van der Waals surface area contributed by atoms with Crippen molar-refractivity contribution in [3.05, 3.63) is 30.4 Å². The van der Waals surface area contributed by atoms with E-state index in [9.17, 15) is 4.79 Å². The number of aryl methyl sites for hydroxylation is 1. The van der Waals surface area contributed by atoms with Crippen LogP contribution in [0.1, 0.15) is 45.3 Å². The topological polar surface area (TPSA) is 63.9 Å². The Kier molecular flexibility index (Phi) is 3.92. The first kappa shape index (κ1) is 15.6. The number of hydrogen-bond donors (Lipinski definition) is 0. The molecule has 1 fully saturated rings. The number of amides is 1. The van der Waals surface area contributed by atoms with Crippen LogP contribution in [0.15, 0.2) is 24.7 Å². The quantitative estimate of drug-likeness (QED) is 0.855. The Hall–Kier alpha value is -2.24. The fourth-order valence-corrected chi connectivity index (χ4v) is 3.02. The molecule has 122 valence electrons. The van der Waals surface area contributed by atoms with E-state index in [1.54, 1.807) is 23.3 Å². The van der Waals surface area contributed by atoms with Crippen LogP contribution in [0.5, 0.6) is 0 Å². The summed E-state index contributed by atoms with van der Waals surface area (Å²) in [7, 11) is 1.88. The zero-order chi connectivity index (χ0) is 16.6. The van der Waals surface area contributed by atoms with E-state index in [-0.39, 0.29) is 17.4 Å². The summed E-state index contributed by atoms with van der Waals surface area (Å²) in [5, 5.41) is 4.15. The van der Waals surface area contributed by atoms with Crippen molar-refractivity contribution in [3.8, 4) is 11.4 Å². The predicted molar refractivity (Wildman–Crippen MR) is 87.4 cm³/mol. The molecule has 1 saturated heterocycles. The number of aromatic nitrogens is 4. The van der Waals surface area contributed by atoms with E-state index in [2.05, 4.69) is 15.1 Å². The van der Waals surface area contributed by atoms with Gasteiger partial charge in [0.25, 0.3) is 0 Å². The van der Waals surface area contributed by atoms with Gasteiger partial charge in [-0.2, -0.15) is 5.10 Å². The molecule has 0 N–H and O–H groups in total. The highest BCUT2D eigenvalue weighted by molar-refractivity contribution is 5.82. The minimum atomic E-state index is -0.370. The van der Waals surface area contributed by atoms with Crippen molar-refractivity contribution in [2.24, 2.45) is 12.5 Å². The van der Waals surface area contributed by atoms with Gasteiger partial charge < -0.3 is 4.90 Å². The molecular weight excluding hydrogens is 290 g/mol. The van der Waals surface area contributed by atoms with E-state index in [0.717, 1.165) is 36.5 Å². The lowest BCUT2D eigenvalue weighted by atomic mass is 9.94. The summed E-state index contributed by atoms with van der Waals surface area (Å²) in [6.45, 7) is 6.68. The lowest BCUT2D eigenvalue weighted by Crippen LogP contribution is -2.39. The van der Waals surface area contributed by atoms with Crippen molar-refractivity contribution in [1.29, 1.82) is 0 Å². The van der Waals surface area contributed by atoms with Crippen LogP contribution in [0.3, 0.4) is 0 Å². The maximum atomic E-state index is 12.6. The molecule has 1 amide bonds. The van der Waals surface area contributed by atoms with Gasteiger partial charge in [0, 0.05) is 25.2 Å². The van der Waals surface area contributed by atoms with E-state index >= 15 is 0 Å². The zero-order valence-corrected chi connectivity index (χ0v) is 14.2. The Morgan fingerprint density at radius 3 is 2.61 bits per heavy atom.